The lowest BCUT2D eigenvalue weighted by atomic mass is 9.95. The topological polar surface area (TPSA) is 80.3 Å². The second kappa shape index (κ2) is 8.15. The van der Waals surface area contributed by atoms with E-state index in [0.717, 1.165) is 40.4 Å². The molecule has 1 atom stereocenters. The van der Waals surface area contributed by atoms with E-state index in [9.17, 15) is 9.00 Å². The van der Waals surface area contributed by atoms with Gasteiger partial charge in [-0.3, -0.25) is 9.78 Å². The smallest absolute Gasteiger partial charge is 0.252 e. The molecule has 2 aromatic carbocycles. The van der Waals surface area contributed by atoms with Crippen LogP contribution in [-0.4, -0.2) is 28.5 Å². The number of carbonyl (C=O) groups is 1. The molecule has 1 amide bonds. The lowest BCUT2D eigenvalue weighted by Crippen LogP contribution is -2.35. The summed E-state index contributed by atoms with van der Waals surface area (Å²) in [6, 6.07) is 11.5. The number of aromatic nitrogens is 1. The summed E-state index contributed by atoms with van der Waals surface area (Å²) in [6.45, 7) is 5.75. The van der Waals surface area contributed by atoms with Gasteiger partial charge in [-0.05, 0) is 66.8 Å². The highest BCUT2D eigenvalue weighted by Gasteiger charge is 2.47. The summed E-state index contributed by atoms with van der Waals surface area (Å²) < 4.78 is 19.8. The Hall–Kier alpha value is -3.19. The van der Waals surface area contributed by atoms with Crippen LogP contribution in [0.25, 0.3) is 17.0 Å². The highest BCUT2D eigenvalue weighted by atomic mass is 32.2. The lowest BCUT2D eigenvalue weighted by Gasteiger charge is -2.22. The molecule has 1 aromatic heterocycles. The summed E-state index contributed by atoms with van der Waals surface area (Å²) in [4.78, 5) is 17.8. The summed E-state index contributed by atoms with van der Waals surface area (Å²) in [6.07, 6.45) is 6.82. The van der Waals surface area contributed by atoms with Crippen molar-refractivity contribution >= 4 is 39.6 Å². The van der Waals surface area contributed by atoms with E-state index in [2.05, 4.69) is 27.7 Å². The molecule has 160 valence electrons. The standard InChI is InChI=1S/C24H25N3O3S/c1-5-16-12-19(17-7-6-10-25-20(17)13-16)24(8-9-24)26-23(28)18-14-22(30-3)21(11-15(18)2)27-31(4)29/h5-7,10-14,27H,1,8-9H2,2-4H3,(H,26,28). The van der Waals surface area contributed by atoms with Crippen LogP contribution in [0.5, 0.6) is 5.75 Å². The summed E-state index contributed by atoms with van der Waals surface area (Å²) in [7, 11) is 0.280. The zero-order valence-electron chi connectivity index (χ0n) is 17.8. The van der Waals surface area contributed by atoms with Gasteiger partial charge in [0.25, 0.3) is 5.91 Å². The largest absolute Gasteiger partial charge is 0.495 e. The zero-order chi connectivity index (χ0) is 22.2. The summed E-state index contributed by atoms with van der Waals surface area (Å²) >= 11 is 0. The first-order valence-electron chi connectivity index (χ1n) is 10.00. The Morgan fingerprint density at radius 2 is 2.06 bits per heavy atom. The number of methoxy groups -OCH3 is 1. The van der Waals surface area contributed by atoms with Crippen LogP contribution in [-0.2, 0) is 16.5 Å². The predicted octanol–water partition coefficient (Wildman–Crippen LogP) is 4.32. The lowest BCUT2D eigenvalue weighted by molar-refractivity contribution is 0.0930. The minimum Gasteiger partial charge on any atom is -0.495 e. The van der Waals surface area contributed by atoms with Gasteiger partial charge in [-0.25, -0.2) is 4.21 Å². The van der Waals surface area contributed by atoms with Crippen LogP contribution in [0.15, 0.2) is 49.2 Å². The van der Waals surface area contributed by atoms with E-state index in [1.165, 1.54) is 7.11 Å². The van der Waals surface area contributed by atoms with Gasteiger partial charge in [0, 0.05) is 23.4 Å². The van der Waals surface area contributed by atoms with Gasteiger partial charge in [-0.1, -0.05) is 18.7 Å². The first kappa shape index (κ1) is 21.1. The van der Waals surface area contributed by atoms with Crippen molar-refractivity contribution in [3.63, 3.8) is 0 Å². The van der Waals surface area contributed by atoms with Crippen LogP contribution in [0.3, 0.4) is 0 Å². The molecule has 1 fully saturated rings. The van der Waals surface area contributed by atoms with Gasteiger partial charge in [0.05, 0.1) is 23.9 Å². The van der Waals surface area contributed by atoms with Gasteiger partial charge in [-0.15, -0.1) is 0 Å². The number of benzene rings is 2. The number of hydrogen-bond acceptors (Lipinski definition) is 4. The third-order valence-corrected chi connectivity index (χ3v) is 6.15. The van der Waals surface area contributed by atoms with E-state index in [1.54, 1.807) is 30.7 Å². The van der Waals surface area contributed by atoms with Crippen molar-refractivity contribution in [2.75, 3.05) is 18.1 Å². The maximum absolute atomic E-state index is 13.3. The monoisotopic (exact) mass is 435 g/mol. The van der Waals surface area contributed by atoms with Gasteiger partial charge in [0.15, 0.2) is 0 Å². The summed E-state index contributed by atoms with van der Waals surface area (Å²) in [5, 5.41) is 4.29. The van der Waals surface area contributed by atoms with E-state index >= 15 is 0 Å². The SMILES string of the molecule is C=Cc1cc(C2(NC(=O)c3cc(OC)c(NS(C)=O)cc3C)CC2)c2cccnc2c1. The molecule has 1 unspecified atom stereocenters. The van der Waals surface area contributed by atoms with Crippen molar-refractivity contribution < 1.29 is 13.7 Å². The summed E-state index contributed by atoms with van der Waals surface area (Å²) in [5.74, 6) is 0.303. The average Bonchev–Trinajstić information content (AvgIpc) is 3.52. The molecule has 1 saturated carbocycles. The Morgan fingerprint density at radius 3 is 2.71 bits per heavy atom. The van der Waals surface area contributed by atoms with E-state index in [1.807, 2.05) is 25.1 Å². The summed E-state index contributed by atoms with van der Waals surface area (Å²) in [5.41, 5.74) is 4.38. The molecule has 0 spiro atoms. The molecular formula is C24H25N3O3S. The number of carbonyl (C=O) groups excluding carboxylic acids is 1. The maximum Gasteiger partial charge on any atom is 0.252 e. The van der Waals surface area contributed by atoms with Crippen LogP contribution < -0.4 is 14.8 Å². The fourth-order valence-electron chi connectivity index (χ4n) is 3.93. The molecule has 2 N–H and O–H groups in total. The molecule has 7 heteroatoms. The predicted molar refractivity (Wildman–Crippen MR) is 126 cm³/mol. The highest BCUT2D eigenvalue weighted by Crippen LogP contribution is 2.48. The van der Waals surface area contributed by atoms with Gasteiger partial charge < -0.3 is 14.8 Å². The highest BCUT2D eigenvalue weighted by molar-refractivity contribution is 7.85. The molecule has 1 heterocycles. The minimum atomic E-state index is -1.25. The first-order chi connectivity index (χ1) is 14.9. The number of anilines is 1. The molecule has 6 nitrogen and oxygen atoms in total. The first-order valence-corrected chi connectivity index (χ1v) is 11.6. The molecule has 0 radical (unpaired) electrons. The molecule has 0 bridgehead atoms. The average molecular weight is 436 g/mol. The molecule has 1 aliphatic carbocycles. The Morgan fingerprint density at radius 1 is 1.29 bits per heavy atom. The third kappa shape index (κ3) is 4.05. The molecule has 31 heavy (non-hydrogen) atoms. The van der Waals surface area contributed by atoms with Crippen molar-refractivity contribution in [3.8, 4) is 5.75 Å². The van der Waals surface area contributed by atoms with Crippen LogP contribution in [0.2, 0.25) is 0 Å². The maximum atomic E-state index is 13.3. The minimum absolute atomic E-state index is 0.168. The Bertz CT molecular complexity index is 1220. The number of hydrogen-bond donors (Lipinski definition) is 2. The van der Waals surface area contributed by atoms with E-state index < -0.39 is 16.5 Å². The molecule has 4 rings (SSSR count). The molecule has 1 aliphatic rings. The quantitative estimate of drug-likeness (QED) is 0.579. The van der Waals surface area contributed by atoms with Gasteiger partial charge in [-0.2, -0.15) is 0 Å². The number of nitrogens with zero attached hydrogens (tertiary/aromatic N) is 1. The van der Waals surface area contributed by atoms with Crippen molar-refractivity contribution in [3.05, 3.63) is 71.4 Å². The van der Waals surface area contributed by atoms with Crippen LogP contribution in [0, 0.1) is 6.92 Å². The van der Waals surface area contributed by atoms with Crippen molar-refractivity contribution in [1.82, 2.24) is 10.3 Å². The van der Waals surface area contributed by atoms with E-state index in [0.29, 0.717) is 17.0 Å². The Kier molecular flexibility index (Phi) is 5.54. The molecule has 3 aromatic rings. The Balaban J connectivity index is 1.71. The van der Waals surface area contributed by atoms with Crippen LogP contribution >= 0.6 is 0 Å². The van der Waals surface area contributed by atoms with E-state index in [4.69, 9.17) is 4.74 Å². The molecule has 0 aliphatic heterocycles. The third-order valence-electron chi connectivity index (χ3n) is 5.64. The molecular weight excluding hydrogens is 410 g/mol. The number of aryl methyl sites for hydroxylation is 1. The second-order valence-corrected chi connectivity index (χ2v) is 8.91. The number of nitrogens with one attached hydrogen (secondary N) is 2. The zero-order valence-corrected chi connectivity index (χ0v) is 18.6. The number of amides is 1. The second-order valence-electron chi connectivity index (χ2n) is 7.80. The van der Waals surface area contributed by atoms with E-state index in [-0.39, 0.29) is 5.91 Å². The Labute approximate surface area is 184 Å². The van der Waals surface area contributed by atoms with Gasteiger partial charge >= 0.3 is 0 Å². The van der Waals surface area contributed by atoms with Gasteiger partial charge in [0.2, 0.25) is 0 Å². The van der Waals surface area contributed by atoms with Crippen LogP contribution in [0.4, 0.5) is 5.69 Å². The number of ether oxygens (including phenoxy) is 1. The van der Waals surface area contributed by atoms with Crippen LogP contribution in [0.1, 0.15) is 39.9 Å². The number of pyridine rings is 1. The fraction of sp³-hybridized carbons (Fsp3) is 0.250. The fourth-order valence-corrected chi connectivity index (χ4v) is 4.39. The van der Waals surface area contributed by atoms with Crippen molar-refractivity contribution in [1.29, 1.82) is 0 Å². The van der Waals surface area contributed by atoms with Gasteiger partial charge in [0.1, 0.15) is 16.7 Å². The normalized spacial score (nSPS) is 15.2. The van der Waals surface area contributed by atoms with Crippen molar-refractivity contribution in [2.45, 2.75) is 25.3 Å². The number of fused-ring (bicyclic) bond motifs is 1. The number of rotatable bonds is 7. The molecule has 0 saturated heterocycles. The van der Waals surface area contributed by atoms with Crippen molar-refractivity contribution in [2.24, 2.45) is 0 Å².